The van der Waals surface area contributed by atoms with Crippen LogP contribution in [0.3, 0.4) is 0 Å². The van der Waals surface area contributed by atoms with Crippen LogP contribution >= 0.6 is 0 Å². The van der Waals surface area contributed by atoms with E-state index in [0.717, 1.165) is 48.4 Å². The fraction of sp³-hybridized carbons (Fsp3) is 0.364. The van der Waals surface area contributed by atoms with Crippen molar-refractivity contribution in [2.45, 2.75) is 38.3 Å². The third kappa shape index (κ3) is 3.37. The number of rotatable bonds is 4. The number of benzene rings is 1. The summed E-state index contributed by atoms with van der Waals surface area (Å²) in [7, 11) is 1.85. The standard InChI is InChI=1S/C22H24N6O/c1-26-21-6-4-16(9-17(21)5-7-22(26)29)18-10-20(12-23-11-18)28-8-2-3-19(28)13-27-15-24-14-25-27/h4,6,9-12,14-15,19H,2-3,5,7-8,13H2,1H3. The molecular formula is C22H24N6O. The normalized spacial score (nSPS) is 18.9. The minimum atomic E-state index is 0.182. The van der Waals surface area contributed by atoms with Gasteiger partial charge >= 0.3 is 0 Å². The molecule has 0 saturated carbocycles. The van der Waals surface area contributed by atoms with Gasteiger partial charge in [0.15, 0.2) is 0 Å². The molecule has 2 aliphatic heterocycles. The van der Waals surface area contributed by atoms with Gasteiger partial charge in [-0.1, -0.05) is 6.07 Å². The summed E-state index contributed by atoms with van der Waals surface area (Å²) < 4.78 is 1.90. The average Bonchev–Trinajstić information content (AvgIpc) is 3.43. The molecule has 1 atom stereocenters. The van der Waals surface area contributed by atoms with Gasteiger partial charge in [-0.2, -0.15) is 5.10 Å². The van der Waals surface area contributed by atoms with E-state index in [2.05, 4.69) is 44.2 Å². The summed E-state index contributed by atoms with van der Waals surface area (Å²) >= 11 is 0. The van der Waals surface area contributed by atoms with Crippen molar-refractivity contribution in [2.75, 3.05) is 23.4 Å². The highest BCUT2D eigenvalue weighted by Gasteiger charge is 2.26. The van der Waals surface area contributed by atoms with E-state index >= 15 is 0 Å². The Morgan fingerprint density at radius 1 is 1.10 bits per heavy atom. The maximum absolute atomic E-state index is 11.9. The molecule has 1 unspecified atom stereocenters. The summed E-state index contributed by atoms with van der Waals surface area (Å²) in [5.41, 5.74) is 5.64. The lowest BCUT2D eigenvalue weighted by Gasteiger charge is -2.27. The van der Waals surface area contributed by atoms with Crippen LogP contribution in [0.2, 0.25) is 0 Å². The Balaban J connectivity index is 1.42. The SMILES string of the molecule is CN1C(=O)CCc2cc(-c3cncc(N4CCCC4Cn4cncn4)c3)ccc21. The molecule has 0 spiro atoms. The highest BCUT2D eigenvalue weighted by Crippen LogP contribution is 2.33. The predicted octanol–water partition coefficient (Wildman–Crippen LogP) is 2.92. The number of aryl methyl sites for hydroxylation is 1. The van der Waals surface area contributed by atoms with Crippen LogP contribution in [-0.2, 0) is 17.8 Å². The lowest BCUT2D eigenvalue weighted by atomic mass is 9.96. The van der Waals surface area contributed by atoms with E-state index < -0.39 is 0 Å². The zero-order chi connectivity index (χ0) is 19.8. The van der Waals surface area contributed by atoms with Crippen molar-refractivity contribution in [1.82, 2.24) is 19.7 Å². The number of anilines is 2. The Labute approximate surface area is 170 Å². The number of hydrogen-bond acceptors (Lipinski definition) is 5. The Morgan fingerprint density at radius 3 is 2.90 bits per heavy atom. The van der Waals surface area contributed by atoms with E-state index in [0.29, 0.717) is 12.5 Å². The second-order valence-corrected chi connectivity index (χ2v) is 7.84. The minimum Gasteiger partial charge on any atom is -0.365 e. The summed E-state index contributed by atoms with van der Waals surface area (Å²) in [6, 6.07) is 8.97. The molecule has 0 radical (unpaired) electrons. The van der Waals surface area contributed by atoms with Gasteiger partial charge < -0.3 is 9.80 Å². The number of carbonyl (C=O) groups is 1. The lowest BCUT2D eigenvalue weighted by molar-refractivity contribution is -0.118. The van der Waals surface area contributed by atoms with Crippen LogP contribution < -0.4 is 9.80 Å². The van der Waals surface area contributed by atoms with E-state index in [4.69, 9.17) is 0 Å². The minimum absolute atomic E-state index is 0.182. The van der Waals surface area contributed by atoms with Gasteiger partial charge in [0.05, 0.1) is 18.4 Å². The highest BCUT2D eigenvalue weighted by molar-refractivity contribution is 5.96. The van der Waals surface area contributed by atoms with Gasteiger partial charge in [-0.3, -0.25) is 14.5 Å². The third-order valence-corrected chi connectivity index (χ3v) is 6.05. The molecule has 7 nitrogen and oxygen atoms in total. The first-order chi connectivity index (χ1) is 14.2. The molecule has 148 valence electrons. The van der Waals surface area contributed by atoms with Gasteiger partial charge in [0.25, 0.3) is 0 Å². The van der Waals surface area contributed by atoms with Crippen molar-refractivity contribution in [3.8, 4) is 11.1 Å². The number of nitrogens with zero attached hydrogens (tertiary/aromatic N) is 6. The first-order valence-electron chi connectivity index (χ1n) is 10.1. The molecule has 1 saturated heterocycles. The van der Waals surface area contributed by atoms with Crippen molar-refractivity contribution < 1.29 is 4.79 Å². The Hall–Kier alpha value is -3.22. The van der Waals surface area contributed by atoms with E-state index in [1.54, 1.807) is 17.6 Å². The second-order valence-electron chi connectivity index (χ2n) is 7.84. The van der Waals surface area contributed by atoms with Gasteiger partial charge in [-0.25, -0.2) is 4.98 Å². The zero-order valence-electron chi connectivity index (χ0n) is 16.5. The Kier molecular flexibility index (Phi) is 4.50. The lowest BCUT2D eigenvalue weighted by Crippen LogP contribution is -2.33. The smallest absolute Gasteiger partial charge is 0.227 e. The monoisotopic (exact) mass is 388 g/mol. The van der Waals surface area contributed by atoms with Crippen molar-refractivity contribution in [1.29, 1.82) is 0 Å². The third-order valence-electron chi connectivity index (χ3n) is 6.05. The first kappa shape index (κ1) is 17.8. The maximum atomic E-state index is 11.9. The van der Waals surface area contributed by atoms with E-state index in [-0.39, 0.29) is 5.91 Å². The average molecular weight is 388 g/mol. The van der Waals surface area contributed by atoms with Crippen LogP contribution in [0, 0.1) is 0 Å². The van der Waals surface area contributed by atoms with Crippen molar-refractivity contribution >= 4 is 17.3 Å². The summed E-state index contributed by atoms with van der Waals surface area (Å²) in [5.74, 6) is 0.182. The number of pyridine rings is 1. The molecule has 0 bridgehead atoms. The van der Waals surface area contributed by atoms with Gasteiger partial charge in [0.2, 0.25) is 5.91 Å². The van der Waals surface area contributed by atoms with Crippen molar-refractivity contribution in [3.05, 3.63) is 54.9 Å². The largest absolute Gasteiger partial charge is 0.365 e. The molecule has 1 amide bonds. The van der Waals surface area contributed by atoms with Gasteiger partial charge in [-0.05, 0) is 48.6 Å². The topological polar surface area (TPSA) is 67.2 Å². The van der Waals surface area contributed by atoms with E-state index in [9.17, 15) is 4.79 Å². The van der Waals surface area contributed by atoms with Gasteiger partial charge in [0, 0.05) is 43.5 Å². The fourth-order valence-electron chi connectivity index (χ4n) is 4.49. The van der Waals surface area contributed by atoms with Crippen LogP contribution in [0.15, 0.2) is 49.3 Å². The van der Waals surface area contributed by atoms with Crippen molar-refractivity contribution in [2.24, 2.45) is 0 Å². The van der Waals surface area contributed by atoms with E-state index in [1.807, 2.05) is 24.1 Å². The molecule has 2 aromatic heterocycles. The molecule has 4 heterocycles. The van der Waals surface area contributed by atoms with Gasteiger partial charge in [0.1, 0.15) is 12.7 Å². The number of aromatic nitrogens is 4. The molecule has 0 aliphatic carbocycles. The summed E-state index contributed by atoms with van der Waals surface area (Å²) in [6.07, 6.45) is 10.9. The molecule has 1 aromatic carbocycles. The second kappa shape index (κ2) is 7.31. The van der Waals surface area contributed by atoms with Crippen LogP contribution in [0.25, 0.3) is 11.1 Å². The number of amides is 1. The molecule has 5 rings (SSSR count). The summed E-state index contributed by atoms with van der Waals surface area (Å²) in [6.45, 7) is 1.87. The molecule has 0 N–H and O–H groups in total. The van der Waals surface area contributed by atoms with Gasteiger partial charge in [-0.15, -0.1) is 0 Å². The van der Waals surface area contributed by atoms with Crippen LogP contribution in [-0.4, -0.2) is 45.3 Å². The highest BCUT2D eigenvalue weighted by atomic mass is 16.2. The van der Waals surface area contributed by atoms with E-state index in [1.165, 1.54) is 12.0 Å². The molecule has 2 aliphatic rings. The zero-order valence-corrected chi connectivity index (χ0v) is 16.5. The Bertz CT molecular complexity index is 1030. The summed E-state index contributed by atoms with van der Waals surface area (Å²) in [4.78, 5) is 24.7. The molecule has 1 fully saturated rings. The molecular weight excluding hydrogens is 364 g/mol. The predicted molar refractivity (Wildman–Crippen MR) is 112 cm³/mol. The number of fused-ring (bicyclic) bond motifs is 1. The molecule has 7 heteroatoms. The van der Waals surface area contributed by atoms with Crippen LogP contribution in [0.1, 0.15) is 24.8 Å². The molecule has 3 aromatic rings. The van der Waals surface area contributed by atoms with Crippen LogP contribution in [0.4, 0.5) is 11.4 Å². The van der Waals surface area contributed by atoms with Crippen molar-refractivity contribution in [3.63, 3.8) is 0 Å². The number of hydrogen-bond donors (Lipinski definition) is 0. The fourth-order valence-corrected chi connectivity index (χ4v) is 4.49. The Morgan fingerprint density at radius 2 is 2.03 bits per heavy atom. The van der Waals surface area contributed by atoms with Crippen LogP contribution in [0.5, 0.6) is 0 Å². The molecule has 29 heavy (non-hydrogen) atoms. The quantitative estimate of drug-likeness (QED) is 0.687. The summed E-state index contributed by atoms with van der Waals surface area (Å²) in [5, 5.41) is 4.26. The first-order valence-corrected chi connectivity index (χ1v) is 10.1. The number of carbonyl (C=O) groups excluding carboxylic acids is 1. The maximum Gasteiger partial charge on any atom is 0.227 e.